The van der Waals surface area contributed by atoms with Crippen molar-refractivity contribution in [1.82, 2.24) is 19.2 Å². The summed E-state index contributed by atoms with van der Waals surface area (Å²) in [5, 5.41) is 5.47. The molecule has 142 valence electrons. The third-order valence-electron chi connectivity index (χ3n) is 5.09. The molecule has 27 heavy (non-hydrogen) atoms. The maximum atomic E-state index is 13.6. The molecule has 0 fully saturated rings. The third-order valence-corrected chi connectivity index (χ3v) is 5.90. The average molecular weight is 383 g/mol. The van der Waals surface area contributed by atoms with Gasteiger partial charge in [-0.15, -0.1) is 5.10 Å². The highest BCUT2D eigenvalue weighted by atomic mass is 32.2. The fraction of sp³-hybridized carbons (Fsp3) is 0.476. The zero-order valence-corrected chi connectivity index (χ0v) is 17.4. The second-order valence-electron chi connectivity index (χ2n) is 8.29. The van der Waals surface area contributed by atoms with E-state index in [0.29, 0.717) is 11.7 Å². The number of fused-ring (bicyclic) bond motifs is 4. The summed E-state index contributed by atoms with van der Waals surface area (Å²) in [6, 6.07) is 8.31. The minimum atomic E-state index is -0.261. The fourth-order valence-corrected chi connectivity index (χ4v) is 4.72. The van der Waals surface area contributed by atoms with Gasteiger partial charge in [0.05, 0.1) is 11.3 Å². The van der Waals surface area contributed by atoms with Crippen molar-refractivity contribution in [3.63, 3.8) is 0 Å². The van der Waals surface area contributed by atoms with E-state index in [2.05, 4.69) is 52.8 Å². The Hall–Kier alpha value is -2.08. The van der Waals surface area contributed by atoms with Crippen molar-refractivity contribution in [3.05, 3.63) is 45.7 Å². The number of benzene rings is 1. The summed E-state index contributed by atoms with van der Waals surface area (Å²) < 4.78 is 3.62. The van der Waals surface area contributed by atoms with E-state index in [1.807, 2.05) is 10.7 Å². The molecule has 1 aliphatic carbocycles. The van der Waals surface area contributed by atoms with E-state index in [-0.39, 0.29) is 11.0 Å². The molecule has 0 bridgehead atoms. The highest BCUT2D eigenvalue weighted by Gasteiger charge is 2.36. The van der Waals surface area contributed by atoms with E-state index in [1.54, 1.807) is 16.2 Å². The van der Waals surface area contributed by atoms with E-state index in [9.17, 15) is 4.79 Å². The van der Waals surface area contributed by atoms with Gasteiger partial charge >= 0.3 is 0 Å². The number of rotatable bonds is 4. The summed E-state index contributed by atoms with van der Waals surface area (Å²) in [7, 11) is 0. The van der Waals surface area contributed by atoms with Gasteiger partial charge in [0, 0.05) is 17.5 Å². The first-order valence-electron chi connectivity index (χ1n) is 9.58. The Kier molecular flexibility index (Phi) is 4.41. The summed E-state index contributed by atoms with van der Waals surface area (Å²) in [5.41, 5.74) is 3.73. The van der Waals surface area contributed by atoms with Crippen molar-refractivity contribution in [2.75, 3.05) is 5.75 Å². The number of thioether (sulfide) groups is 1. The Morgan fingerprint density at radius 2 is 2.00 bits per heavy atom. The summed E-state index contributed by atoms with van der Waals surface area (Å²) >= 11 is 1.59. The average Bonchev–Trinajstić information content (AvgIpc) is 2.91. The lowest BCUT2D eigenvalue weighted by Crippen LogP contribution is -2.36. The van der Waals surface area contributed by atoms with Crippen molar-refractivity contribution in [3.8, 4) is 11.3 Å². The van der Waals surface area contributed by atoms with Crippen LogP contribution in [0, 0.1) is 5.92 Å². The summed E-state index contributed by atoms with van der Waals surface area (Å²) in [5.74, 6) is 1.93. The van der Waals surface area contributed by atoms with Gasteiger partial charge in [-0.2, -0.15) is 0 Å². The lowest BCUT2D eigenvalue weighted by atomic mass is 9.72. The summed E-state index contributed by atoms with van der Waals surface area (Å²) in [6.45, 7) is 11.4. The molecule has 2 heterocycles. The Morgan fingerprint density at radius 1 is 1.26 bits per heavy atom. The Morgan fingerprint density at radius 3 is 2.70 bits per heavy atom. The van der Waals surface area contributed by atoms with Crippen LogP contribution in [0.15, 0.2) is 34.2 Å². The Labute approximate surface area is 163 Å². The molecule has 4 rings (SSSR count). The molecule has 0 saturated carbocycles. The van der Waals surface area contributed by atoms with Crippen LogP contribution in [0.25, 0.3) is 17.0 Å². The molecule has 0 radical (unpaired) electrons. The van der Waals surface area contributed by atoms with E-state index in [0.717, 1.165) is 40.7 Å². The third kappa shape index (κ3) is 2.90. The summed E-state index contributed by atoms with van der Waals surface area (Å²) in [6.07, 6.45) is 0.843. The van der Waals surface area contributed by atoms with Crippen LogP contribution in [0.1, 0.15) is 45.7 Å². The number of aromatic nitrogens is 4. The Balaban J connectivity index is 2.10. The molecule has 1 aliphatic rings. The zero-order chi connectivity index (χ0) is 19.3. The molecule has 0 atom stereocenters. The van der Waals surface area contributed by atoms with E-state index in [1.165, 1.54) is 5.56 Å². The van der Waals surface area contributed by atoms with Gasteiger partial charge in [-0.1, -0.05) is 70.6 Å². The molecule has 0 N–H and O–H groups in total. The summed E-state index contributed by atoms with van der Waals surface area (Å²) in [4.78, 5) is 18.7. The maximum Gasteiger partial charge on any atom is 0.265 e. The zero-order valence-electron chi connectivity index (χ0n) is 16.6. The standard InChI is InChI=1S/C21H26N4OS/c1-6-27-20-23-24(12-13(2)3)19-22-17-15-10-8-7-9-14(15)11-21(4,5)16(17)18(26)25(19)20/h7-10,13H,6,11-12H2,1-5H3. The van der Waals surface area contributed by atoms with E-state index in [4.69, 9.17) is 10.1 Å². The molecule has 6 heteroatoms. The van der Waals surface area contributed by atoms with Gasteiger partial charge in [-0.3, -0.25) is 4.79 Å². The lowest BCUT2D eigenvalue weighted by Gasteiger charge is -2.32. The molecule has 5 nitrogen and oxygen atoms in total. The molecule has 3 aromatic rings. The predicted molar refractivity (Wildman–Crippen MR) is 111 cm³/mol. The Bertz CT molecular complexity index is 1080. The minimum absolute atomic E-state index is 0.0282. The largest absolute Gasteiger partial charge is 0.268 e. The normalized spacial score (nSPS) is 15.2. The fourth-order valence-electron chi connectivity index (χ4n) is 4.01. The predicted octanol–water partition coefficient (Wildman–Crippen LogP) is 4.16. The first-order valence-corrected chi connectivity index (χ1v) is 10.6. The van der Waals surface area contributed by atoms with Crippen LogP contribution in [0.4, 0.5) is 0 Å². The van der Waals surface area contributed by atoms with Crippen molar-refractivity contribution < 1.29 is 0 Å². The van der Waals surface area contributed by atoms with Crippen LogP contribution in [-0.2, 0) is 18.4 Å². The van der Waals surface area contributed by atoms with Crippen molar-refractivity contribution in [2.45, 2.75) is 58.2 Å². The van der Waals surface area contributed by atoms with Gasteiger partial charge in [0.15, 0.2) is 5.16 Å². The molecule has 0 amide bonds. The maximum absolute atomic E-state index is 13.6. The van der Waals surface area contributed by atoms with Crippen LogP contribution in [-0.4, -0.2) is 24.9 Å². The number of nitrogens with zero attached hydrogens (tertiary/aromatic N) is 4. The van der Waals surface area contributed by atoms with Gasteiger partial charge < -0.3 is 0 Å². The molecule has 0 unspecified atom stereocenters. The molecule has 0 spiro atoms. The quantitative estimate of drug-likeness (QED) is 0.636. The first kappa shape index (κ1) is 18.3. The van der Waals surface area contributed by atoms with Gasteiger partial charge in [0.25, 0.3) is 5.56 Å². The molecule has 1 aromatic carbocycles. The second kappa shape index (κ2) is 6.51. The SMILES string of the molecule is CCSc1nn(CC(C)C)c2nc3c(c(=O)n12)C(C)(C)Cc1ccccc1-3. The minimum Gasteiger partial charge on any atom is -0.268 e. The number of hydrogen-bond acceptors (Lipinski definition) is 4. The number of hydrogen-bond donors (Lipinski definition) is 0. The van der Waals surface area contributed by atoms with Gasteiger partial charge in [-0.25, -0.2) is 14.1 Å². The highest BCUT2D eigenvalue weighted by molar-refractivity contribution is 7.99. The van der Waals surface area contributed by atoms with Crippen molar-refractivity contribution in [2.24, 2.45) is 5.92 Å². The lowest BCUT2D eigenvalue weighted by molar-refractivity contribution is 0.484. The topological polar surface area (TPSA) is 52.2 Å². The molecule has 0 aliphatic heterocycles. The molecule has 0 saturated heterocycles. The second-order valence-corrected chi connectivity index (χ2v) is 9.52. The van der Waals surface area contributed by atoms with Gasteiger partial charge in [0.1, 0.15) is 0 Å². The van der Waals surface area contributed by atoms with Crippen LogP contribution in [0.5, 0.6) is 0 Å². The van der Waals surface area contributed by atoms with Crippen molar-refractivity contribution >= 4 is 17.5 Å². The molecular weight excluding hydrogens is 356 g/mol. The molecule has 2 aromatic heterocycles. The first-order chi connectivity index (χ1) is 12.8. The molecular formula is C21H26N4OS. The van der Waals surface area contributed by atoms with Crippen LogP contribution in [0.2, 0.25) is 0 Å². The highest BCUT2D eigenvalue weighted by Crippen LogP contribution is 2.40. The van der Waals surface area contributed by atoms with Crippen LogP contribution >= 0.6 is 11.8 Å². The van der Waals surface area contributed by atoms with Gasteiger partial charge in [0.2, 0.25) is 5.78 Å². The van der Waals surface area contributed by atoms with Crippen molar-refractivity contribution in [1.29, 1.82) is 0 Å². The van der Waals surface area contributed by atoms with Crippen LogP contribution < -0.4 is 5.56 Å². The van der Waals surface area contributed by atoms with E-state index >= 15 is 0 Å². The van der Waals surface area contributed by atoms with E-state index < -0.39 is 0 Å². The smallest absolute Gasteiger partial charge is 0.265 e. The van der Waals surface area contributed by atoms with Crippen LogP contribution in [0.3, 0.4) is 0 Å². The monoisotopic (exact) mass is 382 g/mol. The van der Waals surface area contributed by atoms with Gasteiger partial charge in [-0.05, 0) is 23.7 Å².